The van der Waals surface area contributed by atoms with Gasteiger partial charge in [0.15, 0.2) is 0 Å². The topological polar surface area (TPSA) is 31.4 Å². The van der Waals surface area contributed by atoms with Gasteiger partial charge in [-0.15, -0.1) is 23.2 Å². The lowest BCUT2D eigenvalue weighted by Gasteiger charge is -2.10. The number of hydrogen-bond donors (Lipinski definition) is 0. The van der Waals surface area contributed by atoms with Crippen molar-refractivity contribution in [1.29, 1.82) is 0 Å². The summed E-state index contributed by atoms with van der Waals surface area (Å²) < 4.78 is 10.8. The highest BCUT2D eigenvalue weighted by atomic mass is 35.5. The number of aromatic nitrogens is 1. The standard InChI is InChI=1S/C11H15Cl2NO2/c1-9-10(8-13)14-4-2-11(9)16-7-6-15-5-3-12/h2,4H,3,5-8H2,1H3. The maximum Gasteiger partial charge on any atom is 0.125 e. The van der Waals surface area contributed by atoms with Crippen molar-refractivity contribution < 1.29 is 9.47 Å². The minimum Gasteiger partial charge on any atom is -0.491 e. The van der Waals surface area contributed by atoms with Crippen LogP contribution < -0.4 is 4.74 Å². The fraction of sp³-hybridized carbons (Fsp3) is 0.545. The first kappa shape index (κ1) is 13.6. The Kier molecular flexibility index (Phi) is 6.53. The van der Waals surface area contributed by atoms with E-state index in [2.05, 4.69) is 4.98 Å². The molecule has 0 aliphatic rings. The van der Waals surface area contributed by atoms with Crippen LogP contribution in [0, 0.1) is 6.92 Å². The molecule has 0 bridgehead atoms. The van der Waals surface area contributed by atoms with Gasteiger partial charge in [-0.1, -0.05) is 0 Å². The van der Waals surface area contributed by atoms with Crippen LogP contribution in [0.2, 0.25) is 0 Å². The smallest absolute Gasteiger partial charge is 0.125 e. The maximum absolute atomic E-state index is 5.75. The van der Waals surface area contributed by atoms with Gasteiger partial charge in [0.25, 0.3) is 0 Å². The summed E-state index contributed by atoms with van der Waals surface area (Å²) in [6.45, 7) is 3.53. The third kappa shape index (κ3) is 4.16. The lowest BCUT2D eigenvalue weighted by Crippen LogP contribution is -2.09. The second-order valence-corrected chi connectivity index (χ2v) is 3.81. The Morgan fingerprint density at radius 2 is 2.06 bits per heavy atom. The highest BCUT2D eigenvalue weighted by molar-refractivity contribution is 6.18. The van der Waals surface area contributed by atoms with E-state index in [-0.39, 0.29) is 0 Å². The first-order valence-corrected chi connectivity index (χ1v) is 6.13. The van der Waals surface area contributed by atoms with E-state index in [1.165, 1.54) is 0 Å². The highest BCUT2D eigenvalue weighted by Gasteiger charge is 2.04. The Balaban J connectivity index is 2.41. The van der Waals surface area contributed by atoms with Gasteiger partial charge >= 0.3 is 0 Å². The number of nitrogens with zero attached hydrogens (tertiary/aromatic N) is 1. The van der Waals surface area contributed by atoms with E-state index in [0.717, 1.165) is 17.0 Å². The van der Waals surface area contributed by atoms with Gasteiger partial charge in [-0.25, -0.2) is 0 Å². The summed E-state index contributed by atoms with van der Waals surface area (Å²) in [5.74, 6) is 1.70. The zero-order valence-electron chi connectivity index (χ0n) is 9.21. The zero-order chi connectivity index (χ0) is 11.8. The van der Waals surface area contributed by atoms with Crippen LogP contribution in [0.25, 0.3) is 0 Å². The quantitative estimate of drug-likeness (QED) is 0.560. The van der Waals surface area contributed by atoms with Crippen molar-refractivity contribution in [3.63, 3.8) is 0 Å². The normalized spacial score (nSPS) is 10.4. The van der Waals surface area contributed by atoms with Crippen LogP contribution >= 0.6 is 23.2 Å². The minimum absolute atomic E-state index is 0.395. The summed E-state index contributed by atoms with van der Waals surface area (Å²) >= 11 is 11.2. The summed E-state index contributed by atoms with van der Waals surface area (Å²) in [4.78, 5) is 4.15. The number of pyridine rings is 1. The molecule has 3 nitrogen and oxygen atoms in total. The Bertz CT molecular complexity index is 321. The molecule has 0 saturated heterocycles. The molecule has 1 aromatic heterocycles. The lowest BCUT2D eigenvalue weighted by molar-refractivity contribution is 0.111. The van der Waals surface area contributed by atoms with Gasteiger partial charge < -0.3 is 9.47 Å². The lowest BCUT2D eigenvalue weighted by atomic mass is 10.2. The van der Waals surface area contributed by atoms with Crippen molar-refractivity contribution in [3.05, 3.63) is 23.5 Å². The van der Waals surface area contributed by atoms with E-state index in [1.807, 2.05) is 13.0 Å². The van der Waals surface area contributed by atoms with Gasteiger partial charge in [0.1, 0.15) is 12.4 Å². The highest BCUT2D eigenvalue weighted by Crippen LogP contribution is 2.20. The minimum atomic E-state index is 0.395. The van der Waals surface area contributed by atoms with Crippen molar-refractivity contribution >= 4 is 23.2 Å². The number of ether oxygens (including phenoxy) is 2. The molecule has 90 valence electrons. The van der Waals surface area contributed by atoms with Gasteiger partial charge in [-0.05, 0) is 13.0 Å². The van der Waals surface area contributed by atoms with Crippen molar-refractivity contribution in [2.24, 2.45) is 0 Å². The van der Waals surface area contributed by atoms with E-state index in [1.54, 1.807) is 6.20 Å². The molecule has 0 fully saturated rings. The third-order valence-electron chi connectivity index (χ3n) is 2.09. The monoisotopic (exact) mass is 263 g/mol. The molecule has 0 spiro atoms. The number of alkyl halides is 2. The third-order valence-corrected chi connectivity index (χ3v) is 2.50. The Morgan fingerprint density at radius 3 is 2.75 bits per heavy atom. The van der Waals surface area contributed by atoms with Crippen molar-refractivity contribution in [3.8, 4) is 5.75 Å². The molecule has 0 aliphatic heterocycles. The summed E-state index contributed by atoms with van der Waals surface area (Å²) in [5.41, 5.74) is 1.83. The molecule has 0 aromatic carbocycles. The zero-order valence-corrected chi connectivity index (χ0v) is 10.7. The molecule has 0 atom stereocenters. The molecule has 1 rings (SSSR count). The molecular weight excluding hydrogens is 249 g/mol. The van der Waals surface area contributed by atoms with E-state index in [0.29, 0.717) is 31.6 Å². The molecule has 5 heteroatoms. The molecule has 0 N–H and O–H groups in total. The van der Waals surface area contributed by atoms with Crippen molar-refractivity contribution in [1.82, 2.24) is 4.98 Å². The van der Waals surface area contributed by atoms with Crippen LogP contribution in [0.4, 0.5) is 0 Å². The van der Waals surface area contributed by atoms with E-state index < -0.39 is 0 Å². The molecule has 0 radical (unpaired) electrons. The van der Waals surface area contributed by atoms with Crippen molar-refractivity contribution in [2.75, 3.05) is 25.7 Å². The fourth-order valence-corrected chi connectivity index (χ4v) is 1.60. The average molecular weight is 264 g/mol. The predicted octanol–water partition coefficient (Wildman–Crippen LogP) is 2.76. The molecule has 0 unspecified atom stereocenters. The van der Waals surface area contributed by atoms with Gasteiger partial charge in [-0.2, -0.15) is 0 Å². The average Bonchev–Trinajstić information content (AvgIpc) is 2.31. The van der Waals surface area contributed by atoms with Crippen LogP contribution in [-0.4, -0.2) is 30.7 Å². The molecular formula is C11H15Cl2NO2. The predicted molar refractivity (Wildman–Crippen MR) is 65.6 cm³/mol. The van der Waals surface area contributed by atoms with Crippen LogP contribution in [0.1, 0.15) is 11.3 Å². The number of rotatable bonds is 7. The molecule has 0 aliphatic carbocycles. The maximum atomic E-state index is 5.75. The van der Waals surface area contributed by atoms with Gasteiger partial charge in [-0.3, -0.25) is 4.98 Å². The number of halogens is 2. The van der Waals surface area contributed by atoms with Crippen LogP contribution in [0.3, 0.4) is 0 Å². The largest absolute Gasteiger partial charge is 0.491 e. The summed E-state index contributed by atoms with van der Waals surface area (Å²) in [5, 5.41) is 0. The Morgan fingerprint density at radius 1 is 1.25 bits per heavy atom. The molecule has 1 heterocycles. The molecule has 0 saturated carbocycles. The first-order chi connectivity index (χ1) is 7.79. The van der Waals surface area contributed by atoms with Gasteiger partial charge in [0.05, 0.1) is 24.8 Å². The first-order valence-electron chi connectivity index (χ1n) is 5.06. The van der Waals surface area contributed by atoms with Crippen LogP contribution in [0.5, 0.6) is 5.75 Å². The fourth-order valence-electron chi connectivity index (χ4n) is 1.22. The second-order valence-electron chi connectivity index (χ2n) is 3.16. The number of hydrogen-bond acceptors (Lipinski definition) is 3. The van der Waals surface area contributed by atoms with Crippen LogP contribution in [0.15, 0.2) is 12.3 Å². The molecule has 16 heavy (non-hydrogen) atoms. The summed E-state index contributed by atoms with van der Waals surface area (Å²) in [6, 6.07) is 1.83. The van der Waals surface area contributed by atoms with E-state index in [9.17, 15) is 0 Å². The Labute approximate surface area is 106 Å². The second kappa shape index (κ2) is 7.71. The summed E-state index contributed by atoms with van der Waals surface area (Å²) in [6.07, 6.45) is 1.69. The molecule has 1 aromatic rings. The van der Waals surface area contributed by atoms with E-state index >= 15 is 0 Å². The van der Waals surface area contributed by atoms with Crippen molar-refractivity contribution in [2.45, 2.75) is 12.8 Å². The van der Waals surface area contributed by atoms with Gasteiger partial charge in [0.2, 0.25) is 0 Å². The summed E-state index contributed by atoms with van der Waals surface area (Å²) in [7, 11) is 0. The van der Waals surface area contributed by atoms with Crippen LogP contribution in [-0.2, 0) is 10.6 Å². The Hall–Kier alpha value is -0.510. The van der Waals surface area contributed by atoms with Gasteiger partial charge in [0, 0.05) is 17.6 Å². The SMILES string of the molecule is Cc1c(OCCOCCCl)ccnc1CCl. The molecule has 0 amide bonds. The van der Waals surface area contributed by atoms with E-state index in [4.69, 9.17) is 32.7 Å².